The number of carbonyl (C=O) groups is 1. The molecule has 3 aromatic rings. The molecule has 1 N–H and O–H groups in total. The number of fused-ring (bicyclic) bond motifs is 1. The van der Waals surface area contributed by atoms with Gasteiger partial charge >= 0.3 is 6.18 Å². The van der Waals surface area contributed by atoms with Crippen molar-refractivity contribution >= 4 is 46.0 Å². The van der Waals surface area contributed by atoms with Gasteiger partial charge in [0.05, 0.1) is 26.7 Å². The first kappa shape index (κ1) is 19.9. The molecule has 0 radical (unpaired) electrons. The van der Waals surface area contributed by atoms with Crippen molar-refractivity contribution in [2.75, 3.05) is 5.32 Å². The van der Waals surface area contributed by atoms with Crippen LogP contribution < -0.4 is 5.32 Å². The third kappa shape index (κ3) is 4.02. The Kier molecular flexibility index (Phi) is 4.90. The molecule has 0 aliphatic heterocycles. The van der Waals surface area contributed by atoms with Crippen LogP contribution in [0.1, 0.15) is 35.7 Å². The minimum absolute atomic E-state index is 0.00931. The molecule has 6 nitrogen and oxygen atoms in total. The molecule has 0 unspecified atom stereocenters. The van der Waals surface area contributed by atoms with Gasteiger partial charge in [0.15, 0.2) is 11.5 Å². The fraction of sp³-hybridized carbons (Fsp3) is 0.333. The molecule has 1 fully saturated rings. The van der Waals surface area contributed by atoms with Crippen molar-refractivity contribution in [1.29, 1.82) is 0 Å². The summed E-state index contributed by atoms with van der Waals surface area (Å²) in [4.78, 5) is 20.7. The minimum Gasteiger partial charge on any atom is -0.308 e. The van der Waals surface area contributed by atoms with Gasteiger partial charge in [-0.15, -0.1) is 0 Å². The van der Waals surface area contributed by atoms with Gasteiger partial charge in [-0.25, -0.2) is 14.6 Å². The van der Waals surface area contributed by atoms with Gasteiger partial charge in [-0.1, -0.05) is 23.2 Å². The zero-order valence-electron chi connectivity index (χ0n) is 15.0. The molecule has 0 saturated heterocycles. The number of amides is 1. The zero-order chi connectivity index (χ0) is 20.9. The Morgan fingerprint density at radius 1 is 1.31 bits per heavy atom. The van der Waals surface area contributed by atoms with E-state index in [1.807, 2.05) is 0 Å². The monoisotopic (exact) mass is 443 g/mol. The van der Waals surface area contributed by atoms with Crippen molar-refractivity contribution < 1.29 is 18.0 Å². The van der Waals surface area contributed by atoms with Gasteiger partial charge in [-0.05, 0) is 31.9 Å². The van der Waals surface area contributed by atoms with Gasteiger partial charge in [-0.3, -0.25) is 4.79 Å². The van der Waals surface area contributed by atoms with Gasteiger partial charge in [0, 0.05) is 17.8 Å². The molecular formula is C18H14Cl2F3N5O. The summed E-state index contributed by atoms with van der Waals surface area (Å²) in [6.07, 6.45) is -1.64. The molecular weight excluding hydrogens is 430 g/mol. The number of hydrogen-bond donors (Lipinski definition) is 1. The zero-order valence-corrected chi connectivity index (χ0v) is 16.5. The highest BCUT2D eigenvalue weighted by molar-refractivity contribution is 6.36. The van der Waals surface area contributed by atoms with Crippen molar-refractivity contribution in [3.05, 3.63) is 45.3 Å². The average molecular weight is 444 g/mol. The van der Waals surface area contributed by atoms with Crippen LogP contribution in [0.25, 0.3) is 11.0 Å². The number of aromatic nitrogens is 4. The first-order chi connectivity index (χ1) is 13.6. The first-order valence-corrected chi connectivity index (χ1v) is 9.45. The highest BCUT2D eigenvalue weighted by atomic mass is 35.5. The predicted molar refractivity (Wildman–Crippen MR) is 102 cm³/mol. The number of carbonyl (C=O) groups excluding carboxylic acids is 1. The summed E-state index contributed by atoms with van der Waals surface area (Å²) in [5, 5.41) is 6.97. The lowest BCUT2D eigenvalue weighted by Crippen LogP contribution is -2.20. The Bertz CT molecular complexity index is 1120. The highest BCUT2D eigenvalue weighted by Gasteiger charge is 2.37. The van der Waals surface area contributed by atoms with E-state index in [2.05, 4.69) is 20.4 Å². The minimum atomic E-state index is -4.55. The largest absolute Gasteiger partial charge is 0.417 e. The quantitative estimate of drug-likeness (QED) is 0.617. The summed E-state index contributed by atoms with van der Waals surface area (Å²) in [5.74, 6) is -0.453. The van der Waals surface area contributed by atoms with Crippen molar-refractivity contribution in [3.8, 4) is 0 Å². The van der Waals surface area contributed by atoms with Gasteiger partial charge in [-0.2, -0.15) is 18.3 Å². The third-order valence-electron chi connectivity index (χ3n) is 4.56. The number of rotatable bonds is 4. The lowest BCUT2D eigenvalue weighted by Gasteiger charge is -2.11. The summed E-state index contributed by atoms with van der Waals surface area (Å²) in [6, 6.07) is 2.51. The number of aryl methyl sites for hydroxylation is 1. The van der Waals surface area contributed by atoms with Crippen molar-refractivity contribution in [2.24, 2.45) is 0 Å². The number of hydrogen-bond acceptors (Lipinski definition) is 4. The molecule has 0 atom stereocenters. The number of nitrogens with zero attached hydrogens (tertiary/aromatic N) is 4. The van der Waals surface area contributed by atoms with Crippen molar-refractivity contribution in [2.45, 2.75) is 38.4 Å². The first-order valence-electron chi connectivity index (χ1n) is 8.69. The molecule has 0 spiro atoms. The Hall–Kier alpha value is -2.39. The molecule has 152 valence electrons. The molecule has 1 saturated carbocycles. The second kappa shape index (κ2) is 7.14. The van der Waals surface area contributed by atoms with Crippen LogP contribution in [0.15, 0.2) is 18.3 Å². The highest BCUT2D eigenvalue weighted by Crippen LogP contribution is 2.43. The molecule has 1 aliphatic carbocycles. The average Bonchev–Trinajstić information content (AvgIpc) is 3.42. The molecule has 3 heterocycles. The van der Waals surface area contributed by atoms with Crippen LogP contribution in [0.5, 0.6) is 0 Å². The number of anilines is 1. The molecule has 1 aliphatic rings. The van der Waals surface area contributed by atoms with E-state index in [1.54, 1.807) is 0 Å². The van der Waals surface area contributed by atoms with Crippen LogP contribution in [-0.4, -0.2) is 25.7 Å². The van der Waals surface area contributed by atoms with Crippen LogP contribution in [0.3, 0.4) is 0 Å². The number of pyridine rings is 2. The van der Waals surface area contributed by atoms with Crippen LogP contribution in [0, 0.1) is 6.92 Å². The van der Waals surface area contributed by atoms with Crippen LogP contribution in [0.2, 0.25) is 10.0 Å². The van der Waals surface area contributed by atoms with E-state index >= 15 is 0 Å². The van der Waals surface area contributed by atoms with E-state index in [-0.39, 0.29) is 40.0 Å². The summed E-state index contributed by atoms with van der Waals surface area (Å²) >= 11 is 11.8. The Morgan fingerprint density at radius 3 is 2.66 bits per heavy atom. The topological polar surface area (TPSA) is 72.7 Å². The summed E-state index contributed by atoms with van der Waals surface area (Å²) in [6.45, 7) is 1.12. The van der Waals surface area contributed by atoms with E-state index < -0.39 is 17.6 Å². The van der Waals surface area contributed by atoms with Crippen LogP contribution in [-0.2, 0) is 17.5 Å². The molecule has 4 rings (SSSR count). The number of alkyl halides is 3. The van der Waals surface area contributed by atoms with E-state index in [9.17, 15) is 18.0 Å². The summed E-state index contributed by atoms with van der Waals surface area (Å²) < 4.78 is 42.0. The van der Waals surface area contributed by atoms with E-state index in [0.717, 1.165) is 18.9 Å². The molecule has 1 amide bonds. The molecule has 0 aromatic carbocycles. The molecule has 0 bridgehead atoms. The standard InChI is InChI=1S/C18H14Cl2F3N5O/c1-8-15-11(18(21,22)23)5-13(9-2-3-9)25-17(15)28(27-8)7-14(29)26-16-12(20)4-10(19)6-24-16/h4-6,9H,2-3,7H2,1H3,(H,24,26,29). The number of nitrogens with one attached hydrogen (secondary N) is 1. The smallest absolute Gasteiger partial charge is 0.308 e. The van der Waals surface area contributed by atoms with Gasteiger partial charge in [0.1, 0.15) is 6.54 Å². The third-order valence-corrected chi connectivity index (χ3v) is 5.05. The van der Waals surface area contributed by atoms with Crippen LogP contribution in [0.4, 0.5) is 19.0 Å². The fourth-order valence-electron chi connectivity index (χ4n) is 3.11. The van der Waals surface area contributed by atoms with E-state index in [1.165, 1.54) is 23.9 Å². The molecule has 11 heteroatoms. The van der Waals surface area contributed by atoms with E-state index in [4.69, 9.17) is 23.2 Å². The van der Waals surface area contributed by atoms with E-state index in [0.29, 0.717) is 10.7 Å². The van der Waals surface area contributed by atoms with Gasteiger partial charge in [0.25, 0.3) is 0 Å². The van der Waals surface area contributed by atoms with Gasteiger partial charge < -0.3 is 5.32 Å². The van der Waals surface area contributed by atoms with Crippen molar-refractivity contribution in [1.82, 2.24) is 19.7 Å². The maximum absolute atomic E-state index is 13.6. The normalized spacial score (nSPS) is 14.4. The summed E-state index contributed by atoms with van der Waals surface area (Å²) in [5.41, 5.74) is -0.230. The lowest BCUT2D eigenvalue weighted by molar-refractivity contribution is -0.136. The Morgan fingerprint density at radius 2 is 2.03 bits per heavy atom. The predicted octanol–water partition coefficient (Wildman–Crippen LogP) is 4.98. The molecule has 29 heavy (non-hydrogen) atoms. The maximum atomic E-state index is 13.6. The Labute approximate surface area is 173 Å². The number of halogens is 5. The second-order valence-electron chi connectivity index (χ2n) is 6.84. The Balaban J connectivity index is 1.70. The van der Waals surface area contributed by atoms with Crippen LogP contribution >= 0.6 is 23.2 Å². The summed E-state index contributed by atoms with van der Waals surface area (Å²) in [7, 11) is 0. The second-order valence-corrected chi connectivity index (χ2v) is 7.68. The van der Waals surface area contributed by atoms with Crippen molar-refractivity contribution in [3.63, 3.8) is 0 Å². The van der Waals surface area contributed by atoms with Gasteiger partial charge in [0.2, 0.25) is 5.91 Å². The fourth-order valence-corrected chi connectivity index (χ4v) is 3.54. The maximum Gasteiger partial charge on any atom is 0.417 e. The lowest BCUT2D eigenvalue weighted by atomic mass is 10.1. The molecule has 3 aromatic heterocycles. The SMILES string of the molecule is Cc1nn(CC(=O)Nc2ncc(Cl)cc2Cl)c2nc(C3CC3)cc(C(F)(F)F)c12.